The predicted octanol–water partition coefficient (Wildman–Crippen LogP) is 2.06. The molecular weight excluding hydrogens is 360 g/mol. The van der Waals surface area contributed by atoms with E-state index in [1.807, 2.05) is 37.3 Å². The second kappa shape index (κ2) is 11.4. The Morgan fingerprint density at radius 1 is 0.893 bits per heavy atom. The highest BCUT2D eigenvalue weighted by molar-refractivity contribution is 5.92. The van der Waals surface area contributed by atoms with Crippen LogP contribution in [0.1, 0.15) is 29.3 Å². The minimum atomic E-state index is -0.610. The lowest BCUT2D eigenvalue weighted by molar-refractivity contribution is -0.127. The molecule has 0 unspecified atom stereocenters. The number of nitrogens with one attached hydrogen (secondary N) is 2. The first-order valence-corrected chi connectivity index (χ1v) is 9.05. The maximum absolute atomic E-state index is 12.0. The van der Waals surface area contributed by atoms with Gasteiger partial charge < -0.3 is 20.1 Å². The Kier molecular flexibility index (Phi) is 8.52. The van der Waals surface area contributed by atoms with E-state index in [4.69, 9.17) is 9.47 Å². The summed E-state index contributed by atoms with van der Waals surface area (Å²) >= 11 is 0. The minimum Gasteiger partial charge on any atom is -0.489 e. The number of amides is 2. The van der Waals surface area contributed by atoms with Crippen molar-refractivity contribution >= 4 is 17.8 Å². The quantitative estimate of drug-likeness (QED) is 0.612. The summed E-state index contributed by atoms with van der Waals surface area (Å²) in [4.78, 5) is 35.1. The molecule has 2 rings (SSSR count). The van der Waals surface area contributed by atoms with E-state index < -0.39 is 18.5 Å². The van der Waals surface area contributed by atoms with Crippen molar-refractivity contribution in [2.45, 2.75) is 20.0 Å². The third kappa shape index (κ3) is 7.49. The molecule has 0 heterocycles. The van der Waals surface area contributed by atoms with Crippen LogP contribution in [-0.4, -0.2) is 37.5 Å². The fourth-order valence-electron chi connectivity index (χ4n) is 2.19. The van der Waals surface area contributed by atoms with Crippen LogP contribution in [0.5, 0.6) is 5.75 Å². The van der Waals surface area contributed by atoms with E-state index in [0.29, 0.717) is 18.7 Å². The molecule has 0 saturated heterocycles. The maximum atomic E-state index is 12.0. The number of esters is 1. The van der Waals surface area contributed by atoms with Gasteiger partial charge in [0.25, 0.3) is 5.91 Å². The molecule has 0 spiro atoms. The van der Waals surface area contributed by atoms with Gasteiger partial charge in [-0.3, -0.25) is 9.59 Å². The monoisotopic (exact) mass is 384 g/mol. The van der Waals surface area contributed by atoms with Gasteiger partial charge in [0.1, 0.15) is 12.4 Å². The summed E-state index contributed by atoms with van der Waals surface area (Å²) in [6.07, 6.45) is 0.814. The zero-order valence-corrected chi connectivity index (χ0v) is 15.8. The molecule has 2 aromatic rings. The number of ether oxygens (including phenoxy) is 2. The van der Waals surface area contributed by atoms with Crippen LogP contribution in [0.15, 0.2) is 54.6 Å². The highest BCUT2D eigenvalue weighted by atomic mass is 16.5. The van der Waals surface area contributed by atoms with Gasteiger partial charge in [0.05, 0.1) is 12.1 Å². The summed E-state index contributed by atoms with van der Waals surface area (Å²) in [5.74, 6) is -0.663. The first-order chi connectivity index (χ1) is 13.6. The number of para-hydroxylation sites is 1. The van der Waals surface area contributed by atoms with Crippen LogP contribution in [0.4, 0.5) is 0 Å². The van der Waals surface area contributed by atoms with Gasteiger partial charge in [-0.15, -0.1) is 0 Å². The molecule has 0 atom stereocenters. The number of hydrogen-bond acceptors (Lipinski definition) is 5. The second-order valence-corrected chi connectivity index (χ2v) is 6.00. The summed E-state index contributed by atoms with van der Waals surface area (Å²) in [5, 5.41) is 5.03. The lowest BCUT2D eigenvalue weighted by Gasteiger charge is -2.08. The Morgan fingerprint density at radius 2 is 1.61 bits per heavy atom. The van der Waals surface area contributed by atoms with Gasteiger partial charge in [-0.25, -0.2) is 4.79 Å². The fraction of sp³-hybridized carbons (Fsp3) is 0.286. The van der Waals surface area contributed by atoms with E-state index in [-0.39, 0.29) is 12.5 Å². The van der Waals surface area contributed by atoms with E-state index in [0.717, 1.165) is 17.7 Å². The normalized spacial score (nSPS) is 10.0. The van der Waals surface area contributed by atoms with E-state index >= 15 is 0 Å². The van der Waals surface area contributed by atoms with Crippen LogP contribution in [0, 0.1) is 0 Å². The van der Waals surface area contributed by atoms with Crippen LogP contribution >= 0.6 is 0 Å². The molecule has 0 aliphatic carbocycles. The van der Waals surface area contributed by atoms with Gasteiger partial charge in [-0.05, 0) is 36.2 Å². The summed E-state index contributed by atoms with van der Waals surface area (Å²) in [6.45, 7) is 2.27. The van der Waals surface area contributed by atoms with Crippen LogP contribution in [0.2, 0.25) is 0 Å². The Bertz CT molecular complexity index is 775. The van der Waals surface area contributed by atoms with E-state index in [1.54, 1.807) is 24.3 Å². The van der Waals surface area contributed by atoms with Crippen LogP contribution < -0.4 is 15.4 Å². The van der Waals surface area contributed by atoms with E-state index in [9.17, 15) is 14.4 Å². The highest BCUT2D eigenvalue weighted by Gasteiger charge is 2.11. The van der Waals surface area contributed by atoms with Gasteiger partial charge in [0, 0.05) is 6.54 Å². The van der Waals surface area contributed by atoms with Gasteiger partial charge >= 0.3 is 5.97 Å². The van der Waals surface area contributed by atoms with Crippen molar-refractivity contribution in [2.24, 2.45) is 0 Å². The van der Waals surface area contributed by atoms with Crippen molar-refractivity contribution in [3.63, 3.8) is 0 Å². The zero-order valence-electron chi connectivity index (χ0n) is 15.8. The van der Waals surface area contributed by atoms with Crippen LogP contribution in [-0.2, 0) is 20.9 Å². The van der Waals surface area contributed by atoms with E-state index in [2.05, 4.69) is 10.6 Å². The Morgan fingerprint density at radius 3 is 2.29 bits per heavy atom. The first-order valence-electron chi connectivity index (χ1n) is 9.05. The van der Waals surface area contributed by atoms with Crippen molar-refractivity contribution < 1.29 is 23.9 Å². The van der Waals surface area contributed by atoms with Gasteiger partial charge in [-0.1, -0.05) is 37.3 Å². The lowest BCUT2D eigenvalue weighted by Crippen LogP contribution is -2.38. The highest BCUT2D eigenvalue weighted by Crippen LogP contribution is 2.12. The van der Waals surface area contributed by atoms with E-state index in [1.165, 1.54) is 0 Å². The summed E-state index contributed by atoms with van der Waals surface area (Å²) in [6, 6.07) is 16.2. The standard InChI is InChI=1S/C21H24N2O5/c1-2-12-22-19(24)13-23-20(25)15-28-21(26)17-10-8-16(9-11-17)14-27-18-6-4-3-5-7-18/h3-11H,2,12-15H2,1H3,(H,22,24)(H,23,25). The number of rotatable bonds is 10. The maximum Gasteiger partial charge on any atom is 0.338 e. The molecule has 0 aliphatic rings. The molecule has 2 aromatic carbocycles. The molecule has 0 bridgehead atoms. The van der Waals surface area contributed by atoms with Crippen molar-refractivity contribution in [3.05, 3.63) is 65.7 Å². The van der Waals surface area contributed by atoms with Gasteiger partial charge in [0.2, 0.25) is 5.91 Å². The van der Waals surface area contributed by atoms with Crippen LogP contribution in [0.25, 0.3) is 0 Å². The molecule has 0 fully saturated rings. The Labute approximate surface area is 164 Å². The van der Waals surface area contributed by atoms with Crippen molar-refractivity contribution in [3.8, 4) is 5.75 Å². The third-order valence-corrected chi connectivity index (χ3v) is 3.69. The Balaban J connectivity index is 1.72. The summed E-state index contributed by atoms with van der Waals surface area (Å²) < 4.78 is 10.6. The van der Waals surface area contributed by atoms with Crippen molar-refractivity contribution in [2.75, 3.05) is 19.7 Å². The molecule has 2 amide bonds. The van der Waals surface area contributed by atoms with Crippen molar-refractivity contribution in [1.29, 1.82) is 0 Å². The number of carbonyl (C=O) groups is 3. The molecule has 0 saturated carbocycles. The molecule has 148 valence electrons. The van der Waals surface area contributed by atoms with Crippen LogP contribution in [0.3, 0.4) is 0 Å². The zero-order chi connectivity index (χ0) is 20.2. The third-order valence-electron chi connectivity index (χ3n) is 3.69. The topological polar surface area (TPSA) is 93.7 Å². The average molecular weight is 384 g/mol. The minimum absolute atomic E-state index is 0.146. The number of benzene rings is 2. The molecule has 0 aliphatic heterocycles. The smallest absolute Gasteiger partial charge is 0.338 e. The van der Waals surface area contributed by atoms with Gasteiger partial charge in [0.15, 0.2) is 6.61 Å². The largest absolute Gasteiger partial charge is 0.489 e. The fourth-order valence-corrected chi connectivity index (χ4v) is 2.19. The average Bonchev–Trinajstić information content (AvgIpc) is 2.74. The van der Waals surface area contributed by atoms with Gasteiger partial charge in [-0.2, -0.15) is 0 Å². The molecule has 7 heteroatoms. The first kappa shape index (κ1) is 21.0. The molecule has 0 aromatic heterocycles. The summed E-state index contributed by atoms with van der Waals surface area (Å²) in [7, 11) is 0. The molecule has 7 nitrogen and oxygen atoms in total. The number of carbonyl (C=O) groups excluding carboxylic acids is 3. The van der Waals surface area contributed by atoms with Crippen molar-refractivity contribution in [1.82, 2.24) is 10.6 Å². The molecule has 0 radical (unpaired) electrons. The molecule has 2 N–H and O–H groups in total. The molecular formula is C21H24N2O5. The number of hydrogen-bond donors (Lipinski definition) is 2. The lowest BCUT2D eigenvalue weighted by atomic mass is 10.1. The summed E-state index contributed by atoms with van der Waals surface area (Å²) in [5.41, 5.74) is 1.23. The molecule has 28 heavy (non-hydrogen) atoms. The Hall–Kier alpha value is -3.35. The predicted molar refractivity (Wildman–Crippen MR) is 104 cm³/mol. The second-order valence-electron chi connectivity index (χ2n) is 6.00. The SMILES string of the molecule is CCCNC(=O)CNC(=O)COC(=O)c1ccc(COc2ccccc2)cc1.